The van der Waals surface area contributed by atoms with E-state index in [0.29, 0.717) is 59.2 Å². The number of piperidine rings is 2. The van der Waals surface area contributed by atoms with Gasteiger partial charge in [0.1, 0.15) is 24.6 Å². The number of nitrogens with zero attached hydrogens (tertiary/aromatic N) is 4. The molecule has 14 nitrogen and oxygen atoms in total. The molecule has 4 aliphatic rings. The number of nitro benzene ring substituents is 2. The van der Waals surface area contributed by atoms with Crippen molar-refractivity contribution in [3.63, 3.8) is 0 Å². The Balaban J connectivity index is 0.00000302. The van der Waals surface area contributed by atoms with Crippen LogP contribution in [-0.4, -0.2) is 93.4 Å². The number of nitro groups is 2. The summed E-state index contributed by atoms with van der Waals surface area (Å²) in [6.45, 7) is 0.993. The molecule has 4 unspecified atom stereocenters. The molecule has 4 saturated heterocycles. The fourth-order valence-corrected chi connectivity index (χ4v) is 10.9. The van der Waals surface area contributed by atoms with Gasteiger partial charge in [0, 0.05) is 75.6 Å². The van der Waals surface area contributed by atoms with E-state index in [0.717, 1.165) is 36.8 Å². The molecule has 0 saturated carbocycles. The van der Waals surface area contributed by atoms with Gasteiger partial charge < -0.3 is 62.6 Å². The second kappa shape index (κ2) is 15.6. The van der Waals surface area contributed by atoms with Gasteiger partial charge in [0.05, 0.1) is 85.3 Å². The highest BCUT2D eigenvalue weighted by atomic mass is 79.9. The topological polar surface area (TPSA) is 179 Å². The van der Waals surface area contributed by atoms with E-state index in [1.807, 2.05) is 0 Å². The van der Waals surface area contributed by atoms with Gasteiger partial charge in [-0.15, -0.1) is 0 Å². The molecule has 0 aliphatic carbocycles. The monoisotopic (exact) mass is 854 g/mol. The fraction of sp³-hybridized carbons (Fsp3) is 0.611. The van der Waals surface area contributed by atoms with Crippen molar-refractivity contribution in [1.82, 2.24) is 0 Å². The maximum absolute atomic E-state index is 13.7. The summed E-state index contributed by atoms with van der Waals surface area (Å²) >= 11 is 0. The maximum atomic E-state index is 13.7. The zero-order chi connectivity index (χ0) is 36.2. The average molecular weight is 857 g/mol. The van der Waals surface area contributed by atoms with Crippen molar-refractivity contribution in [3.8, 4) is 11.5 Å². The molecule has 16 heteroatoms. The highest BCUT2D eigenvalue weighted by Crippen LogP contribution is 2.59. The van der Waals surface area contributed by atoms with Crippen molar-refractivity contribution in [2.75, 3.05) is 28.3 Å². The van der Waals surface area contributed by atoms with E-state index < -0.39 is 33.6 Å². The van der Waals surface area contributed by atoms with Crippen LogP contribution in [0.5, 0.6) is 11.5 Å². The molecule has 52 heavy (non-hydrogen) atoms. The van der Waals surface area contributed by atoms with Crippen molar-refractivity contribution in [1.29, 1.82) is 0 Å². The lowest BCUT2D eigenvalue weighted by atomic mass is 9.57. The number of aliphatic carboxylic acids is 2. The number of carboxylic acids is 2. The van der Waals surface area contributed by atoms with Gasteiger partial charge in [-0.05, 0) is 24.0 Å². The number of methoxy groups -OCH3 is 2. The van der Waals surface area contributed by atoms with E-state index in [2.05, 4.69) is 14.1 Å². The standard InChI is InChI=1S/C36H46N4O10.2BrH/c1-39(20-22-13-26(37(45)46)5-11-32(22)49-3)28-7-8-29(39)16-24(15-28)36(35(43)44,19-34(41)42)25-17-30-9-10-31(18-25)40(30,2)21-23-14-27(38(47)48)6-12-33(23)50-4;;/h5-6,11-14,24-25,28-31H,7-10,15-21H2,1-4H3;2*1H/t24?,25?,28-,29+,30-,31+,36?,39?,40?;;. The number of benzene rings is 2. The molecular formula is C36H48Br2N4O10. The molecule has 0 spiro atoms. The molecule has 0 radical (unpaired) electrons. The van der Waals surface area contributed by atoms with Gasteiger partial charge in [-0.2, -0.15) is 0 Å². The van der Waals surface area contributed by atoms with Gasteiger partial charge in [-0.1, -0.05) is 0 Å². The lowest BCUT2D eigenvalue weighted by molar-refractivity contribution is -0.963. The van der Waals surface area contributed by atoms with E-state index in [-0.39, 0.29) is 81.3 Å². The quantitative estimate of drug-likeness (QED) is 0.152. The molecule has 4 heterocycles. The largest absolute Gasteiger partial charge is 1.00 e. The number of hydrogen-bond acceptors (Lipinski definition) is 8. The summed E-state index contributed by atoms with van der Waals surface area (Å²) in [4.78, 5) is 48.6. The number of quaternary nitrogens is 2. The third kappa shape index (κ3) is 7.03. The molecule has 6 rings (SSSR count). The predicted molar refractivity (Wildman–Crippen MR) is 180 cm³/mol. The summed E-state index contributed by atoms with van der Waals surface area (Å²) in [5, 5.41) is 44.6. The number of fused-ring (bicyclic) bond motifs is 4. The van der Waals surface area contributed by atoms with E-state index in [1.54, 1.807) is 38.5 Å². The van der Waals surface area contributed by atoms with Gasteiger partial charge in [-0.25, -0.2) is 0 Å². The van der Waals surface area contributed by atoms with Gasteiger partial charge in [-0.3, -0.25) is 29.8 Å². The van der Waals surface area contributed by atoms with Crippen molar-refractivity contribution in [3.05, 3.63) is 67.8 Å². The van der Waals surface area contributed by atoms with Crippen LogP contribution in [0, 0.1) is 37.5 Å². The van der Waals surface area contributed by atoms with Crippen LogP contribution >= 0.6 is 0 Å². The summed E-state index contributed by atoms with van der Waals surface area (Å²) in [7, 11) is 7.37. The minimum absolute atomic E-state index is 0. The van der Waals surface area contributed by atoms with Gasteiger partial charge >= 0.3 is 11.9 Å². The Hall–Kier alpha value is -3.34. The molecule has 2 aromatic rings. The van der Waals surface area contributed by atoms with Crippen molar-refractivity contribution >= 4 is 23.3 Å². The Labute approximate surface area is 324 Å². The van der Waals surface area contributed by atoms with Crippen LogP contribution < -0.4 is 43.4 Å². The summed E-state index contributed by atoms with van der Waals surface area (Å²) in [5.74, 6) is -1.69. The Morgan fingerprint density at radius 2 is 1.08 bits per heavy atom. The normalized spacial score (nSPS) is 31.3. The first-order valence-electron chi connectivity index (χ1n) is 17.4. The summed E-state index contributed by atoms with van der Waals surface area (Å²) in [6, 6.07) is 9.50. The van der Waals surface area contributed by atoms with Crippen LogP contribution in [0.2, 0.25) is 0 Å². The van der Waals surface area contributed by atoms with Crippen molar-refractivity contribution in [2.24, 2.45) is 17.3 Å². The highest BCUT2D eigenvalue weighted by molar-refractivity contribution is 5.82. The summed E-state index contributed by atoms with van der Waals surface area (Å²) < 4.78 is 12.4. The highest BCUT2D eigenvalue weighted by Gasteiger charge is 2.64. The predicted octanol–water partition coefficient (Wildman–Crippen LogP) is -0.451. The minimum Gasteiger partial charge on any atom is -1.00 e. The number of rotatable bonds is 13. The average Bonchev–Trinajstić information content (AvgIpc) is 3.31. The minimum atomic E-state index is -1.45. The lowest BCUT2D eigenvalue weighted by Gasteiger charge is -2.55. The molecule has 286 valence electrons. The molecular weight excluding hydrogens is 808 g/mol. The second-order valence-electron chi connectivity index (χ2n) is 15.5. The number of ether oxygens (including phenoxy) is 2. The number of hydrogen-bond donors (Lipinski definition) is 2. The number of halogens is 2. The van der Waals surface area contributed by atoms with Crippen LogP contribution in [-0.2, 0) is 22.7 Å². The molecule has 2 aromatic carbocycles. The Morgan fingerprint density at radius 1 is 0.731 bits per heavy atom. The summed E-state index contributed by atoms with van der Waals surface area (Å²) in [5.41, 5.74) is -0.00699. The van der Waals surface area contributed by atoms with Gasteiger partial charge in [0.15, 0.2) is 0 Å². The summed E-state index contributed by atoms with van der Waals surface area (Å²) in [6.07, 6.45) is 5.28. The zero-order valence-electron chi connectivity index (χ0n) is 29.9. The first-order valence-corrected chi connectivity index (χ1v) is 17.4. The second-order valence-corrected chi connectivity index (χ2v) is 15.5. The van der Waals surface area contributed by atoms with Gasteiger partial charge in [0.25, 0.3) is 11.4 Å². The molecule has 0 aromatic heterocycles. The van der Waals surface area contributed by atoms with Crippen LogP contribution in [0.25, 0.3) is 0 Å². The fourth-order valence-electron chi connectivity index (χ4n) is 10.9. The smallest absolute Gasteiger partial charge is 0.310 e. The number of carbonyl (C=O) groups is 2. The first kappa shape index (κ1) is 41.4. The van der Waals surface area contributed by atoms with Crippen LogP contribution in [0.15, 0.2) is 36.4 Å². The van der Waals surface area contributed by atoms with E-state index in [1.165, 1.54) is 12.1 Å². The van der Waals surface area contributed by atoms with Crippen LogP contribution in [0.3, 0.4) is 0 Å². The Bertz CT molecular complexity index is 1580. The molecule has 4 fully saturated rings. The van der Waals surface area contributed by atoms with Crippen LogP contribution in [0.4, 0.5) is 11.4 Å². The third-order valence-electron chi connectivity index (χ3n) is 13.5. The lowest BCUT2D eigenvalue weighted by Crippen LogP contribution is -3.00. The SMILES string of the molecule is COc1ccc([N+](=O)[O-])cc1C[N+]1(C)[C@@H]2CC[C@H]1CC(C(CC(=O)O)(C(=O)O)C1C[C@H]3CC[C@@H](C1)[N+]3(C)Cc1cc([N+](=O)[O-])ccc1OC)C2.[Br-].[Br-]. The van der Waals surface area contributed by atoms with Crippen LogP contribution in [0.1, 0.15) is 68.9 Å². The van der Waals surface area contributed by atoms with E-state index in [9.17, 15) is 40.0 Å². The van der Waals surface area contributed by atoms with E-state index in [4.69, 9.17) is 9.47 Å². The van der Waals surface area contributed by atoms with Gasteiger partial charge in [0.2, 0.25) is 0 Å². The Kier molecular flexibility index (Phi) is 12.4. The molecule has 2 N–H and O–H groups in total. The molecule has 4 bridgehead atoms. The number of non-ortho nitro benzene ring substituents is 2. The number of carboxylic acid groups (broad SMARTS) is 2. The third-order valence-corrected chi connectivity index (χ3v) is 13.5. The molecule has 8 atom stereocenters. The maximum Gasteiger partial charge on any atom is 0.310 e. The molecule has 0 amide bonds. The first-order chi connectivity index (χ1) is 23.7. The Morgan fingerprint density at radius 3 is 1.35 bits per heavy atom. The zero-order valence-corrected chi connectivity index (χ0v) is 33.1. The van der Waals surface area contributed by atoms with Crippen molar-refractivity contribution < 1.29 is 82.1 Å². The van der Waals surface area contributed by atoms with E-state index >= 15 is 0 Å². The van der Waals surface area contributed by atoms with Crippen molar-refractivity contribution in [2.45, 2.75) is 95.0 Å². The molecule has 4 aliphatic heterocycles.